The van der Waals surface area contributed by atoms with E-state index < -0.39 is 0 Å². The number of hydrogen-bond acceptors (Lipinski definition) is 4. The zero-order valence-corrected chi connectivity index (χ0v) is 14.6. The van der Waals surface area contributed by atoms with Crippen LogP contribution < -0.4 is 10.6 Å². The van der Waals surface area contributed by atoms with Crippen molar-refractivity contribution in [2.45, 2.75) is 52.8 Å². The predicted octanol–water partition coefficient (Wildman–Crippen LogP) is 2.24. The Kier molecular flexibility index (Phi) is 4.88. The molecule has 5 nitrogen and oxygen atoms in total. The first-order valence-electron chi connectivity index (χ1n) is 7.31. The number of guanidine groups is 1. The van der Waals surface area contributed by atoms with Gasteiger partial charge in [-0.05, 0) is 20.3 Å². The van der Waals surface area contributed by atoms with E-state index in [1.54, 1.807) is 25.5 Å². The van der Waals surface area contributed by atoms with E-state index in [2.05, 4.69) is 41.4 Å². The molecule has 1 saturated carbocycles. The third-order valence-electron chi connectivity index (χ3n) is 4.48. The minimum atomic E-state index is 0.126. The van der Waals surface area contributed by atoms with Crippen LogP contribution in [0.25, 0.3) is 0 Å². The first-order chi connectivity index (χ1) is 9.88. The van der Waals surface area contributed by atoms with E-state index in [4.69, 9.17) is 4.74 Å². The van der Waals surface area contributed by atoms with Gasteiger partial charge in [-0.15, -0.1) is 11.3 Å². The highest BCUT2D eigenvalue weighted by atomic mass is 32.1. The molecule has 21 heavy (non-hydrogen) atoms. The van der Waals surface area contributed by atoms with Crippen LogP contribution in [0, 0.1) is 19.3 Å². The van der Waals surface area contributed by atoms with E-state index >= 15 is 0 Å². The van der Waals surface area contributed by atoms with Gasteiger partial charge >= 0.3 is 0 Å². The Bertz CT molecular complexity index is 504. The van der Waals surface area contributed by atoms with Gasteiger partial charge in [0.15, 0.2) is 5.96 Å². The minimum Gasteiger partial charge on any atom is -0.381 e. The molecule has 0 radical (unpaired) electrons. The van der Waals surface area contributed by atoms with Crippen molar-refractivity contribution in [2.24, 2.45) is 10.4 Å². The van der Waals surface area contributed by atoms with Crippen molar-refractivity contribution in [3.63, 3.8) is 0 Å². The number of aromatic nitrogens is 1. The van der Waals surface area contributed by atoms with E-state index in [9.17, 15) is 0 Å². The highest BCUT2D eigenvalue weighted by Crippen LogP contribution is 2.42. The highest BCUT2D eigenvalue weighted by Gasteiger charge is 2.48. The summed E-state index contributed by atoms with van der Waals surface area (Å²) >= 11 is 1.73. The molecule has 6 heteroatoms. The maximum absolute atomic E-state index is 5.48. The van der Waals surface area contributed by atoms with Crippen LogP contribution in [0.1, 0.15) is 35.8 Å². The Morgan fingerprint density at radius 2 is 2.19 bits per heavy atom. The molecule has 2 unspecified atom stereocenters. The lowest BCUT2D eigenvalue weighted by Crippen LogP contribution is -2.63. The number of nitrogens with one attached hydrogen (secondary N) is 2. The highest BCUT2D eigenvalue weighted by molar-refractivity contribution is 7.11. The third kappa shape index (κ3) is 3.37. The molecule has 0 aliphatic heterocycles. The number of methoxy groups -OCH3 is 1. The topological polar surface area (TPSA) is 58.5 Å². The molecule has 1 fully saturated rings. The fraction of sp³-hybridized carbons (Fsp3) is 0.733. The zero-order chi connectivity index (χ0) is 15.6. The average molecular weight is 310 g/mol. The van der Waals surface area contributed by atoms with Crippen molar-refractivity contribution in [3.05, 3.63) is 15.6 Å². The van der Waals surface area contributed by atoms with Crippen LogP contribution in [0.4, 0.5) is 0 Å². The second kappa shape index (κ2) is 6.32. The molecule has 1 heterocycles. The lowest BCUT2D eigenvalue weighted by atomic mass is 9.64. The lowest BCUT2D eigenvalue weighted by Gasteiger charge is -2.51. The Labute approximate surface area is 131 Å². The normalized spacial score (nSPS) is 24.6. The summed E-state index contributed by atoms with van der Waals surface area (Å²) in [5, 5.41) is 7.92. The SMILES string of the molecule is CN=C(NCc1nc(C)c(C)s1)NC1CC(OC)C1(C)C. The summed E-state index contributed by atoms with van der Waals surface area (Å²) in [6.07, 6.45) is 1.33. The van der Waals surface area contributed by atoms with E-state index in [0.29, 0.717) is 18.7 Å². The van der Waals surface area contributed by atoms with Crippen LogP contribution in [0.15, 0.2) is 4.99 Å². The molecule has 0 saturated heterocycles. The number of aryl methyl sites for hydroxylation is 2. The fourth-order valence-corrected chi connectivity index (χ4v) is 3.54. The molecule has 2 atom stereocenters. The lowest BCUT2D eigenvalue weighted by molar-refractivity contribution is -0.0922. The zero-order valence-electron chi connectivity index (χ0n) is 13.8. The largest absolute Gasteiger partial charge is 0.381 e. The minimum absolute atomic E-state index is 0.126. The summed E-state index contributed by atoms with van der Waals surface area (Å²) in [7, 11) is 3.58. The van der Waals surface area contributed by atoms with Gasteiger partial charge in [-0.25, -0.2) is 4.98 Å². The summed E-state index contributed by atoms with van der Waals surface area (Å²) in [5.41, 5.74) is 1.24. The van der Waals surface area contributed by atoms with Crippen molar-refractivity contribution in [2.75, 3.05) is 14.2 Å². The molecule has 0 bridgehead atoms. The number of rotatable bonds is 4. The quantitative estimate of drug-likeness (QED) is 0.661. The molecule has 1 aromatic rings. The Morgan fingerprint density at radius 3 is 2.67 bits per heavy atom. The number of hydrogen-bond donors (Lipinski definition) is 2. The van der Waals surface area contributed by atoms with Crippen molar-refractivity contribution in [1.29, 1.82) is 0 Å². The van der Waals surface area contributed by atoms with Gasteiger partial charge in [-0.1, -0.05) is 13.8 Å². The fourth-order valence-electron chi connectivity index (χ4n) is 2.66. The van der Waals surface area contributed by atoms with Crippen LogP contribution in [0.3, 0.4) is 0 Å². The van der Waals surface area contributed by atoms with Crippen LogP contribution in [-0.2, 0) is 11.3 Å². The molecule has 1 aliphatic rings. The number of aliphatic imine (C=N–C) groups is 1. The maximum atomic E-state index is 5.48. The summed E-state index contributed by atoms with van der Waals surface area (Å²) in [6.45, 7) is 9.31. The standard InChI is InChI=1S/C15H26N4OS/c1-9-10(2)21-13(18-9)8-17-14(16-5)19-11-7-12(20-6)15(11,3)4/h11-12H,7-8H2,1-6H3,(H2,16,17,19). The smallest absolute Gasteiger partial charge is 0.191 e. The van der Waals surface area contributed by atoms with Gasteiger partial charge in [-0.3, -0.25) is 4.99 Å². The predicted molar refractivity (Wildman–Crippen MR) is 87.9 cm³/mol. The average Bonchev–Trinajstić information content (AvgIpc) is 2.76. The van der Waals surface area contributed by atoms with Crippen LogP contribution >= 0.6 is 11.3 Å². The molecular weight excluding hydrogens is 284 g/mol. The summed E-state index contributed by atoms with van der Waals surface area (Å²) in [4.78, 5) is 10.1. The van der Waals surface area contributed by atoms with Gasteiger partial charge in [-0.2, -0.15) is 0 Å². The summed E-state index contributed by atoms with van der Waals surface area (Å²) in [6, 6.07) is 0.383. The molecule has 2 N–H and O–H groups in total. The monoisotopic (exact) mass is 310 g/mol. The Balaban J connectivity index is 1.87. The van der Waals surface area contributed by atoms with Crippen molar-refractivity contribution in [3.8, 4) is 0 Å². The van der Waals surface area contributed by atoms with Gasteiger partial charge in [0, 0.05) is 30.5 Å². The van der Waals surface area contributed by atoms with Crippen molar-refractivity contribution >= 4 is 17.3 Å². The molecule has 118 valence electrons. The molecule has 0 aromatic carbocycles. The van der Waals surface area contributed by atoms with Gasteiger partial charge < -0.3 is 15.4 Å². The summed E-state index contributed by atoms with van der Waals surface area (Å²) < 4.78 is 5.48. The molecule has 0 spiro atoms. The third-order valence-corrected chi connectivity index (χ3v) is 5.55. The number of nitrogens with zero attached hydrogens (tertiary/aromatic N) is 2. The maximum Gasteiger partial charge on any atom is 0.191 e. The van der Waals surface area contributed by atoms with Gasteiger partial charge in [0.25, 0.3) is 0 Å². The Morgan fingerprint density at radius 1 is 1.48 bits per heavy atom. The molecule has 0 amide bonds. The van der Waals surface area contributed by atoms with Gasteiger partial charge in [0.1, 0.15) is 5.01 Å². The molecule has 2 rings (SSSR count). The van der Waals surface area contributed by atoms with Crippen molar-refractivity contribution < 1.29 is 4.74 Å². The van der Waals surface area contributed by atoms with Crippen molar-refractivity contribution in [1.82, 2.24) is 15.6 Å². The van der Waals surface area contributed by atoms with Crippen LogP contribution in [-0.4, -0.2) is 37.2 Å². The van der Waals surface area contributed by atoms with Gasteiger partial charge in [0.05, 0.1) is 18.3 Å². The molecular formula is C15H26N4OS. The van der Waals surface area contributed by atoms with Gasteiger partial charge in [0.2, 0.25) is 0 Å². The van der Waals surface area contributed by atoms with E-state index in [1.165, 1.54) is 4.88 Å². The van der Waals surface area contributed by atoms with Crippen LogP contribution in [0.2, 0.25) is 0 Å². The second-order valence-corrected chi connectivity index (χ2v) is 7.44. The van der Waals surface area contributed by atoms with E-state index in [0.717, 1.165) is 23.1 Å². The van der Waals surface area contributed by atoms with E-state index in [-0.39, 0.29) is 5.41 Å². The molecule has 1 aliphatic carbocycles. The Hall–Kier alpha value is -1.14. The first-order valence-corrected chi connectivity index (χ1v) is 8.13. The molecule has 1 aromatic heterocycles. The number of thiazole rings is 1. The second-order valence-electron chi connectivity index (χ2n) is 6.15. The first kappa shape index (κ1) is 16.2. The van der Waals surface area contributed by atoms with E-state index in [1.807, 2.05) is 6.92 Å². The number of ether oxygens (including phenoxy) is 1. The summed E-state index contributed by atoms with van der Waals surface area (Å²) in [5.74, 6) is 0.827. The van der Waals surface area contributed by atoms with Crippen LogP contribution in [0.5, 0.6) is 0 Å².